The second-order valence-corrected chi connectivity index (χ2v) is 18.3. The minimum atomic E-state index is -0.837. The molecule has 382 valence electrons. The molecule has 0 unspecified atom stereocenters. The molecule has 4 heterocycles. The van der Waals surface area contributed by atoms with Crippen LogP contribution in [-0.4, -0.2) is 191 Å². The number of aliphatic hydroxyl groups is 2. The van der Waals surface area contributed by atoms with Gasteiger partial charge in [0.25, 0.3) is 0 Å². The maximum atomic E-state index is 11.1. The van der Waals surface area contributed by atoms with Crippen LogP contribution in [0.4, 0.5) is 0 Å². The first-order valence-corrected chi connectivity index (χ1v) is 23.8. The van der Waals surface area contributed by atoms with Gasteiger partial charge in [0.2, 0.25) is 0 Å². The second-order valence-electron chi connectivity index (χ2n) is 18.3. The summed E-state index contributed by atoms with van der Waals surface area (Å²) in [7, 11) is 13.0. The van der Waals surface area contributed by atoms with E-state index in [0.717, 1.165) is 24.0 Å². The number of epoxide rings is 2. The normalized spacial score (nSPS) is 36.8. The number of rotatable bonds is 29. The van der Waals surface area contributed by atoms with Gasteiger partial charge >= 0.3 is 0 Å². The summed E-state index contributed by atoms with van der Waals surface area (Å²) in [6.07, 6.45) is 5.65. The van der Waals surface area contributed by atoms with Crippen LogP contribution in [0.1, 0.15) is 68.2 Å². The van der Waals surface area contributed by atoms with E-state index in [-0.39, 0.29) is 73.5 Å². The van der Waals surface area contributed by atoms with Gasteiger partial charge < -0.3 is 76.5 Å². The molecule has 4 saturated heterocycles. The number of hydrogen-bond donors (Lipinski definition) is 2. The molecule has 0 amide bonds. The molecule has 0 aromatic heterocycles. The molecule has 4 aliphatic rings. The van der Waals surface area contributed by atoms with Gasteiger partial charge in [-0.2, -0.15) is 0 Å². The van der Waals surface area contributed by atoms with Gasteiger partial charge in [-0.15, -0.1) is 0 Å². The average Bonchev–Trinajstić information content (AvgIpc) is 4.27. The van der Waals surface area contributed by atoms with Crippen molar-refractivity contribution in [1.29, 1.82) is 0 Å². The van der Waals surface area contributed by atoms with E-state index in [9.17, 15) is 10.2 Å². The fraction of sp³-hybridized carbons (Fsp3) is 0.840. The third-order valence-corrected chi connectivity index (χ3v) is 14.2. The predicted molar refractivity (Wildman–Crippen MR) is 248 cm³/mol. The molecule has 0 bridgehead atoms. The van der Waals surface area contributed by atoms with Crippen LogP contribution in [0.3, 0.4) is 0 Å². The van der Waals surface area contributed by atoms with Crippen molar-refractivity contribution in [2.45, 2.75) is 178 Å². The lowest BCUT2D eigenvalue weighted by Gasteiger charge is -2.46. The van der Waals surface area contributed by atoms with Crippen LogP contribution in [0.5, 0.6) is 0 Å². The fourth-order valence-corrected chi connectivity index (χ4v) is 9.88. The van der Waals surface area contributed by atoms with E-state index in [4.69, 9.17) is 66.3 Å². The molecule has 0 radical (unpaired) electrons. The molecule has 0 aromatic carbocycles. The summed E-state index contributed by atoms with van der Waals surface area (Å²) in [4.78, 5) is 0. The lowest BCUT2D eigenvalue weighted by Crippen LogP contribution is -2.61. The summed E-state index contributed by atoms with van der Waals surface area (Å²) >= 11 is 0. The highest BCUT2D eigenvalue weighted by Crippen LogP contribution is 2.39. The van der Waals surface area contributed by atoms with Crippen molar-refractivity contribution in [3.63, 3.8) is 0 Å². The zero-order chi connectivity index (χ0) is 48.8. The van der Waals surface area contributed by atoms with Crippen LogP contribution >= 0.6 is 0 Å². The number of hydrogen-bond acceptors (Lipinski definition) is 16. The molecule has 16 nitrogen and oxygen atoms in total. The molecule has 66 heavy (non-hydrogen) atoms. The van der Waals surface area contributed by atoms with Gasteiger partial charge in [-0.3, -0.25) is 0 Å². The molecule has 0 saturated carbocycles. The van der Waals surface area contributed by atoms with Crippen LogP contribution < -0.4 is 0 Å². The summed E-state index contributed by atoms with van der Waals surface area (Å²) in [5.41, 5.74) is 1.73. The molecule has 4 rings (SSSR count). The van der Waals surface area contributed by atoms with Crippen molar-refractivity contribution in [1.82, 2.24) is 0 Å². The summed E-state index contributed by atoms with van der Waals surface area (Å²) < 4.78 is 84.5. The van der Waals surface area contributed by atoms with E-state index < -0.39 is 73.6 Å². The minimum absolute atomic E-state index is 0.0341. The van der Waals surface area contributed by atoms with Gasteiger partial charge in [-0.1, -0.05) is 78.0 Å². The van der Waals surface area contributed by atoms with E-state index in [1.165, 1.54) is 0 Å². The van der Waals surface area contributed by atoms with Crippen LogP contribution in [0.2, 0.25) is 0 Å². The quantitative estimate of drug-likeness (QED) is 0.0567. The Bertz CT molecular complexity index is 1520. The summed E-state index contributed by atoms with van der Waals surface area (Å²) in [6.45, 7) is 16.5. The minimum Gasteiger partial charge on any atom is -0.390 e. The average molecular weight is 943 g/mol. The zero-order valence-corrected chi connectivity index (χ0v) is 42.6. The molecule has 4 fully saturated rings. The van der Waals surface area contributed by atoms with Crippen molar-refractivity contribution < 1.29 is 76.5 Å². The topological polar surface area (TPSA) is 176 Å². The molecule has 0 aliphatic carbocycles. The third kappa shape index (κ3) is 14.0. The molecule has 0 aromatic rings. The Labute approximate surface area is 395 Å². The highest BCUT2D eigenvalue weighted by atomic mass is 16.7. The maximum absolute atomic E-state index is 11.1. The van der Waals surface area contributed by atoms with Crippen LogP contribution in [0.15, 0.2) is 47.6 Å². The van der Waals surface area contributed by atoms with Gasteiger partial charge in [-0.05, 0) is 37.8 Å². The van der Waals surface area contributed by atoms with Crippen molar-refractivity contribution in [3.05, 3.63) is 47.6 Å². The van der Waals surface area contributed by atoms with E-state index in [0.29, 0.717) is 0 Å². The van der Waals surface area contributed by atoms with E-state index in [2.05, 4.69) is 27.7 Å². The second kappa shape index (κ2) is 27.6. The van der Waals surface area contributed by atoms with Gasteiger partial charge in [-0.25, -0.2) is 0 Å². The standard InChI is InChI=1S/C50H86O16/c1-17-33(53-9)31(7)39-41(63-39)35(51)27(3)21-19-23-29(5)37-43(55-11)44(56-12)48(59-15)50(66-37)62-26-25-61-46-38(65-49(60-16)47(58-14)45(46)57-13)30(6)24-20-22-28(4)36(52)42-40(64-42)32(8)34(18-2)54-10/h19-24,27-28,31-52H,17-18,25-26H2,1-16H3/b21-19+,22-20+,29-23+,30-24+/t27-,28-,31+,32+,33-,34-,35+,36+,37-,38-,39-,40-,41-,42-,43+,44-,45-,46-,47+,48-,49-,50-/m0/s1. The Kier molecular flexibility index (Phi) is 23.8. The van der Waals surface area contributed by atoms with Crippen LogP contribution in [-0.2, 0) is 66.3 Å². The molecule has 2 N–H and O–H groups in total. The highest BCUT2D eigenvalue weighted by molar-refractivity contribution is 5.21. The smallest absolute Gasteiger partial charge is 0.187 e. The lowest BCUT2D eigenvalue weighted by molar-refractivity contribution is -0.311. The Morgan fingerprint density at radius 1 is 0.485 bits per heavy atom. The number of aliphatic hydroxyl groups excluding tert-OH is 2. The molecular weight excluding hydrogens is 857 g/mol. The first kappa shape index (κ1) is 56.9. The number of methoxy groups -OCH3 is 8. The first-order valence-electron chi connectivity index (χ1n) is 23.8. The van der Waals surface area contributed by atoms with Gasteiger partial charge in [0.1, 0.15) is 61.0 Å². The Morgan fingerprint density at radius 3 is 1.29 bits per heavy atom. The van der Waals surface area contributed by atoms with E-state index in [1.807, 2.05) is 64.2 Å². The van der Waals surface area contributed by atoms with E-state index >= 15 is 0 Å². The molecular formula is C50H86O16. The van der Waals surface area contributed by atoms with Gasteiger partial charge in [0, 0.05) is 80.6 Å². The molecule has 0 spiro atoms. The summed E-state index contributed by atoms with van der Waals surface area (Å²) in [5, 5.41) is 22.2. The van der Waals surface area contributed by atoms with Crippen LogP contribution in [0.25, 0.3) is 0 Å². The van der Waals surface area contributed by atoms with Crippen molar-refractivity contribution >= 4 is 0 Å². The zero-order valence-electron chi connectivity index (χ0n) is 42.6. The first-order chi connectivity index (χ1) is 31.7. The number of allylic oxidation sites excluding steroid dienone is 4. The Morgan fingerprint density at radius 2 is 0.879 bits per heavy atom. The van der Waals surface area contributed by atoms with E-state index in [1.54, 1.807) is 56.9 Å². The molecule has 22 atom stereocenters. The predicted octanol–water partition coefficient (Wildman–Crippen LogP) is 5.22. The van der Waals surface area contributed by atoms with Crippen LogP contribution in [0, 0.1) is 23.7 Å². The third-order valence-electron chi connectivity index (χ3n) is 14.2. The van der Waals surface area contributed by atoms with Crippen molar-refractivity contribution in [2.75, 3.05) is 70.1 Å². The largest absolute Gasteiger partial charge is 0.390 e. The highest BCUT2D eigenvalue weighted by Gasteiger charge is 2.53. The summed E-state index contributed by atoms with van der Waals surface area (Å²) in [6, 6.07) is 0. The Balaban J connectivity index is 1.42. The molecule has 16 heteroatoms. The molecule has 4 aliphatic heterocycles. The van der Waals surface area contributed by atoms with Gasteiger partial charge in [0.15, 0.2) is 12.6 Å². The van der Waals surface area contributed by atoms with Crippen molar-refractivity contribution in [2.24, 2.45) is 23.7 Å². The monoisotopic (exact) mass is 943 g/mol. The maximum Gasteiger partial charge on any atom is 0.187 e. The van der Waals surface area contributed by atoms with Crippen molar-refractivity contribution in [3.8, 4) is 0 Å². The fourth-order valence-electron chi connectivity index (χ4n) is 9.88. The summed E-state index contributed by atoms with van der Waals surface area (Å²) in [5.74, 6) is 0.0393. The SMILES string of the molecule is CC[C@H](OC)[C@@H](C)[C@@H]1O[C@H]1[C@H](O)[C@@H](C)/C=C/C=C(\C)[C@@H]1O[C@H](OC)[C@H](OC)[C@@H](OC)[C@H]1OCCO[C@H]1O[C@@H](/C(C)=C/C=C/[C@H](C)[C@@H](O)[C@@H]2O[C@H]2[C@H](C)[C@H](CC)OC)[C@@H](OC)[C@H](OC)[C@@H]1OC. The number of ether oxygens (including phenoxy) is 14. The van der Waals surface area contributed by atoms with Gasteiger partial charge in [0.05, 0.1) is 49.8 Å². The lowest BCUT2D eigenvalue weighted by atomic mass is 9.91. The Hall–Kier alpha value is -1.68.